The number of likely N-dealkylation sites (tertiary alicyclic amines) is 1. The van der Waals surface area contributed by atoms with Gasteiger partial charge in [-0.2, -0.15) is 23.4 Å². The fraction of sp³-hybridized carbons (Fsp3) is 0.355. The molecule has 3 N–H and O–H groups in total. The summed E-state index contributed by atoms with van der Waals surface area (Å²) in [6.45, 7) is 2.14. The highest BCUT2D eigenvalue weighted by Gasteiger charge is 2.35. The summed E-state index contributed by atoms with van der Waals surface area (Å²) in [5.74, 6) is 0. The molecule has 45 heavy (non-hydrogen) atoms. The number of hydrogen-bond donors (Lipinski definition) is 2. The van der Waals surface area contributed by atoms with E-state index in [4.69, 9.17) is 17.3 Å². The molecule has 0 amide bonds. The van der Waals surface area contributed by atoms with Crippen molar-refractivity contribution in [3.8, 4) is 22.5 Å². The van der Waals surface area contributed by atoms with Gasteiger partial charge in [-0.3, -0.25) is 23.6 Å². The summed E-state index contributed by atoms with van der Waals surface area (Å²) in [5.41, 5.74) is 8.30. The molecule has 14 heteroatoms. The first-order chi connectivity index (χ1) is 21.3. The lowest BCUT2D eigenvalue weighted by Gasteiger charge is -2.38. The third-order valence-corrected chi connectivity index (χ3v) is 8.79. The number of benzene rings is 2. The number of alkyl halides is 3. The van der Waals surface area contributed by atoms with Gasteiger partial charge in [0.1, 0.15) is 5.52 Å². The zero-order chi connectivity index (χ0) is 32.1. The molecule has 1 saturated heterocycles. The van der Waals surface area contributed by atoms with Crippen molar-refractivity contribution >= 4 is 22.6 Å². The molecule has 4 heterocycles. The van der Waals surface area contributed by atoms with Crippen molar-refractivity contribution in [3.05, 3.63) is 87.1 Å². The second kappa shape index (κ2) is 11.7. The van der Waals surface area contributed by atoms with Gasteiger partial charge in [0.25, 0.3) is 5.56 Å². The molecule has 0 aliphatic carbocycles. The van der Waals surface area contributed by atoms with Gasteiger partial charge in [0.2, 0.25) is 0 Å². The van der Waals surface area contributed by atoms with Crippen molar-refractivity contribution in [2.75, 3.05) is 13.1 Å². The third kappa shape index (κ3) is 6.12. The molecule has 5 aromatic rings. The molecule has 1 fully saturated rings. The quantitative estimate of drug-likeness (QED) is 0.271. The Labute approximate surface area is 261 Å². The minimum absolute atomic E-state index is 0.0831. The van der Waals surface area contributed by atoms with E-state index >= 15 is 0 Å². The summed E-state index contributed by atoms with van der Waals surface area (Å²) in [6, 6.07) is 13.9. The van der Waals surface area contributed by atoms with Crippen LogP contribution in [0.4, 0.5) is 13.2 Å². The maximum absolute atomic E-state index is 13.4. The number of rotatable bonds is 7. The molecule has 10 nitrogen and oxygen atoms in total. The molecule has 2 aromatic carbocycles. The Hall–Kier alpha value is -4.04. The van der Waals surface area contributed by atoms with Crippen LogP contribution >= 0.6 is 11.6 Å². The lowest BCUT2D eigenvalue weighted by atomic mass is 9.91. The first kappa shape index (κ1) is 31.0. The van der Waals surface area contributed by atoms with Crippen LogP contribution in [0.5, 0.6) is 0 Å². The van der Waals surface area contributed by atoms with Crippen molar-refractivity contribution in [2.45, 2.75) is 44.3 Å². The van der Waals surface area contributed by atoms with Crippen LogP contribution in [-0.2, 0) is 39.9 Å². The number of hydrogen-bond acceptors (Lipinski definition) is 7. The maximum Gasteiger partial charge on any atom is 0.435 e. The topological polar surface area (TPSA) is 120 Å². The lowest BCUT2D eigenvalue weighted by Crippen LogP contribution is -2.47. The summed E-state index contributed by atoms with van der Waals surface area (Å²) in [6.07, 6.45) is -2.23. The van der Waals surface area contributed by atoms with E-state index in [0.717, 1.165) is 28.5 Å². The Balaban J connectivity index is 1.13. The molecule has 0 saturated carbocycles. The van der Waals surface area contributed by atoms with E-state index in [1.54, 1.807) is 29.9 Å². The fourth-order valence-electron chi connectivity index (χ4n) is 5.88. The summed E-state index contributed by atoms with van der Waals surface area (Å²) in [7, 11) is 3.23. The molecule has 0 radical (unpaired) electrons. The second-order valence-corrected chi connectivity index (χ2v) is 12.0. The number of halogens is 4. The summed E-state index contributed by atoms with van der Waals surface area (Å²) in [4.78, 5) is 20.1. The molecule has 0 bridgehead atoms. The first-order valence-electron chi connectivity index (χ1n) is 14.4. The predicted octanol–water partition coefficient (Wildman–Crippen LogP) is 4.36. The van der Waals surface area contributed by atoms with Gasteiger partial charge in [-0.05, 0) is 36.1 Å². The van der Waals surface area contributed by atoms with Crippen molar-refractivity contribution < 1.29 is 18.3 Å². The van der Waals surface area contributed by atoms with Gasteiger partial charge in [0, 0.05) is 56.4 Å². The highest BCUT2D eigenvalue weighted by atomic mass is 35.5. The van der Waals surface area contributed by atoms with Gasteiger partial charge >= 0.3 is 6.18 Å². The molecular weight excluding hydrogens is 609 g/mol. The van der Waals surface area contributed by atoms with Crippen molar-refractivity contribution in [2.24, 2.45) is 19.8 Å². The number of piperidine rings is 1. The normalized spacial score (nSPS) is 15.6. The third-order valence-electron chi connectivity index (χ3n) is 8.44. The largest absolute Gasteiger partial charge is 0.435 e. The number of aliphatic hydroxyl groups is 1. The highest BCUT2D eigenvalue weighted by Crippen LogP contribution is 2.34. The Bertz CT molecular complexity index is 1920. The van der Waals surface area contributed by atoms with Gasteiger partial charge in [0.15, 0.2) is 11.2 Å². The van der Waals surface area contributed by atoms with Crippen LogP contribution in [-0.4, -0.2) is 57.8 Å². The molecular formula is C31H32ClF3N8O2. The summed E-state index contributed by atoms with van der Waals surface area (Å²) < 4.78 is 43.6. The van der Waals surface area contributed by atoms with E-state index in [1.807, 2.05) is 24.3 Å². The van der Waals surface area contributed by atoms with Crippen molar-refractivity contribution in [1.82, 2.24) is 34.0 Å². The number of aryl methyl sites for hydroxylation is 2. The molecule has 236 valence electrons. The fourth-order valence-corrected chi connectivity index (χ4v) is 6.12. The Morgan fingerprint density at radius 2 is 1.67 bits per heavy atom. The van der Waals surface area contributed by atoms with Crippen LogP contribution in [0, 0.1) is 0 Å². The van der Waals surface area contributed by atoms with E-state index in [9.17, 15) is 23.1 Å². The number of nitrogens with two attached hydrogens (primary N) is 1. The maximum atomic E-state index is 13.4. The average Bonchev–Trinajstić information content (AvgIpc) is 3.57. The van der Waals surface area contributed by atoms with E-state index < -0.39 is 17.5 Å². The first-order valence-corrected chi connectivity index (χ1v) is 14.8. The van der Waals surface area contributed by atoms with Crippen molar-refractivity contribution in [3.63, 3.8) is 0 Å². The van der Waals surface area contributed by atoms with Gasteiger partial charge in [0.05, 0.1) is 29.9 Å². The van der Waals surface area contributed by atoms with Crippen LogP contribution < -0.4 is 11.3 Å². The van der Waals surface area contributed by atoms with E-state index in [-0.39, 0.29) is 17.6 Å². The SMILES string of the molecule is Cn1nc(C(F)(F)F)cc1-c1ccc(CN2CCC(O)(Cn3cnc4c(-c5ccc(CN)cc5)n(C)nc4c3=O)CC2)c(Cl)c1. The van der Waals surface area contributed by atoms with Gasteiger partial charge < -0.3 is 10.8 Å². The van der Waals surface area contributed by atoms with Crippen LogP contribution in [0.25, 0.3) is 33.5 Å². The van der Waals surface area contributed by atoms with E-state index in [2.05, 4.69) is 20.1 Å². The number of fused-ring (bicyclic) bond motifs is 1. The van der Waals surface area contributed by atoms with E-state index in [1.165, 1.54) is 22.6 Å². The average molecular weight is 641 g/mol. The smallest absolute Gasteiger partial charge is 0.388 e. The van der Waals surface area contributed by atoms with Gasteiger partial charge in [-0.25, -0.2) is 4.98 Å². The Kier molecular flexibility index (Phi) is 8.06. The lowest BCUT2D eigenvalue weighted by molar-refractivity contribution is -0.141. The zero-order valence-electron chi connectivity index (χ0n) is 24.7. The number of aromatic nitrogens is 6. The van der Waals surface area contributed by atoms with Crippen LogP contribution in [0.15, 0.2) is 59.7 Å². The summed E-state index contributed by atoms with van der Waals surface area (Å²) in [5, 5.41) is 19.9. The minimum Gasteiger partial charge on any atom is -0.388 e. The minimum atomic E-state index is -4.53. The highest BCUT2D eigenvalue weighted by molar-refractivity contribution is 6.31. The summed E-state index contributed by atoms with van der Waals surface area (Å²) >= 11 is 6.56. The Morgan fingerprint density at radius 3 is 2.29 bits per heavy atom. The zero-order valence-corrected chi connectivity index (χ0v) is 25.5. The molecule has 0 atom stereocenters. The van der Waals surface area contributed by atoms with Crippen LogP contribution in [0.1, 0.15) is 29.7 Å². The molecule has 1 aliphatic rings. The standard InChI is InChI=1S/C31H32ClF3N8O2/c1-40-24(14-25(38-40)31(33,34)35)21-7-8-22(23(32)13-21)16-42-11-9-30(45,10-12-42)17-43-18-37-26-27(29(43)44)39-41(2)28(26)20-5-3-19(15-36)4-6-20/h3-8,13-14,18,45H,9-12,15-17,36H2,1-2H3. The van der Waals surface area contributed by atoms with Crippen LogP contribution in [0.2, 0.25) is 5.02 Å². The number of nitrogens with zero attached hydrogens (tertiary/aromatic N) is 7. The molecule has 0 unspecified atom stereocenters. The molecule has 6 rings (SSSR count). The Morgan fingerprint density at radius 1 is 0.978 bits per heavy atom. The van der Waals surface area contributed by atoms with Gasteiger partial charge in [-0.1, -0.05) is 48.0 Å². The predicted molar refractivity (Wildman–Crippen MR) is 164 cm³/mol. The molecule has 3 aromatic heterocycles. The molecule has 0 spiro atoms. The monoisotopic (exact) mass is 640 g/mol. The van der Waals surface area contributed by atoms with E-state index in [0.29, 0.717) is 60.8 Å². The molecule has 1 aliphatic heterocycles. The van der Waals surface area contributed by atoms with Crippen molar-refractivity contribution in [1.29, 1.82) is 0 Å². The second-order valence-electron chi connectivity index (χ2n) is 11.6. The van der Waals surface area contributed by atoms with Gasteiger partial charge in [-0.15, -0.1) is 0 Å². The van der Waals surface area contributed by atoms with Crippen LogP contribution in [0.3, 0.4) is 0 Å².